The van der Waals surface area contributed by atoms with Crippen molar-refractivity contribution in [2.45, 2.75) is 18.2 Å². The first-order chi connectivity index (χ1) is 7.49. The van der Waals surface area contributed by atoms with E-state index in [0.29, 0.717) is 5.75 Å². The maximum atomic E-state index is 11.4. The molecule has 0 N–H and O–H groups in total. The number of hydrogen-bond donors (Lipinski definition) is 0. The number of sulfone groups is 1. The van der Waals surface area contributed by atoms with Crippen LogP contribution in [0.4, 0.5) is 0 Å². The summed E-state index contributed by atoms with van der Waals surface area (Å²) < 4.78 is 22.9. The number of aryl methyl sites for hydroxylation is 1. The molecule has 2 heterocycles. The standard InChI is InChI=1S/C11H14BrNO2S/c1-8-2-4-13-6-10(8)11(12)9-3-5-16(14,15)7-9/h2,4,6,9,11H,3,5,7H2,1H3. The number of rotatable bonds is 2. The SMILES string of the molecule is Cc1ccncc1C(Br)C1CCS(=O)(=O)C1. The van der Waals surface area contributed by atoms with E-state index in [0.717, 1.165) is 17.5 Å². The van der Waals surface area contributed by atoms with Gasteiger partial charge in [-0.15, -0.1) is 0 Å². The zero-order valence-corrected chi connectivity index (χ0v) is 11.5. The molecule has 0 aromatic carbocycles. The van der Waals surface area contributed by atoms with Gasteiger partial charge in [-0.05, 0) is 36.5 Å². The molecule has 0 spiro atoms. The molecular weight excluding hydrogens is 290 g/mol. The van der Waals surface area contributed by atoms with E-state index in [2.05, 4.69) is 20.9 Å². The molecular formula is C11H14BrNO2S. The number of nitrogens with zero attached hydrogens (tertiary/aromatic N) is 1. The van der Waals surface area contributed by atoms with Crippen LogP contribution < -0.4 is 0 Å². The summed E-state index contributed by atoms with van der Waals surface area (Å²) in [6.07, 6.45) is 4.32. The number of alkyl halides is 1. The molecule has 0 amide bonds. The summed E-state index contributed by atoms with van der Waals surface area (Å²) in [5, 5.41) is 0. The minimum Gasteiger partial charge on any atom is -0.264 e. The third-order valence-corrected chi connectivity index (χ3v) is 6.09. The first kappa shape index (κ1) is 12.0. The van der Waals surface area contributed by atoms with Gasteiger partial charge in [0, 0.05) is 17.2 Å². The monoisotopic (exact) mass is 303 g/mol. The first-order valence-corrected chi connectivity index (χ1v) is 7.98. The van der Waals surface area contributed by atoms with E-state index in [-0.39, 0.29) is 16.5 Å². The summed E-state index contributed by atoms with van der Waals surface area (Å²) in [7, 11) is -2.81. The van der Waals surface area contributed by atoms with Crippen LogP contribution in [0.15, 0.2) is 18.5 Å². The van der Waals surface area contributed by atoms with Crippen molar-refractivity contribution < 1.29 is 8.42 Å². The lowest BCUT2D eigenvalue weighted by Gasteiger charge is -2.17. The highest BCUT2D eigenvalue weighted by Gasteiger charge is 2.33. The van der Waals surface area contributed by atoms with Crippen LogP contribution in [0.1, 0.15) is 22.4 Å². The van der Waals surface area contributed by atoms with Gasteiger partial charge in [-0.1, -0.05) is 15.9 Å². The fourth-order valence-electron chi connectivity index (χ4n) is 2.07. The van der Waals surface area contributed by atoms with E-state index in [1.807, 2.05) is 19.2 Å². The minimum absolute atomic E-state index is 0.0958. The molecule has 2 unspecified atom stereocenters. The maximum Gasteiger partial charge on any atom is 0.150 e. The van der Waals surface area contributed by atoms with Crippen molar-refractivity contribution in [2.24, 2.45) is 5.92 Å². The molecule has 3 nitrogen and oxygen atoms in total. The molecule has 88 valence electrons. The van der Waals surface area contributed by atoms with E-state index in [4.69, 9.17) is 0 Å². The predicted molar refractivity (Wildman–Crippen MR) is 67.4 cm³/mol. The fourth-order valence-corrected chi connectivity index (χ4v) is 5.09. The first-order valence-electron chi connectivity index (χ1n) is 5.24. The molecule has 1 aromatic heterocycles. The van der Waals surface area contributed by atoms with Crippen LogP contribution in [0.2, 0.25) is 0 Å². The highest BCUT2D eigenvalue weighted by Crippen LogP contribution is 2.38. The summed E-state index contributed by atoms with van der Waals surface area (Å²) in [6, 6.07) is 1.95. The molecule has 0 aliphatic carbocycles. The Morgan fingerprint density at radius 2 is 2.31 bits per heavy atom. The Bertz CT molecular complexity index is 487. The molecule has 5 heteroatoms. The van der Waals surface area contributed by atoms with Crippen molar-refractivity contribution in [1.29, 1.82) is 0 Å². The van der Waals surface area contributed by atoms with Crippen molar-refractivity contribution in [2.75, 3.05) is 11.5 Å². The molecule has 16 heavy (non-hydrogen) atoms. The van der Waals surface area contributed by atoms with Crippen molar-refractivity contribution in [1.82, 2.24) is 4.98 Å². The summed E-state index contributed by atoms with van der Waals surface area (Å²) in [5.74, 6) is 0.781. The molecule has 1 aromatic rings. The summed E-state index contributed by atoms with van der Waals surface area (Å²) >= 11 is 3.61. The second kappa shape index (κ2) is 4.45. The van der Waals surface area contributed by atoms with Gasteiger partial charge in [0.2, 0.25) is 0 Å². The molecule has 1 aliphatic rings. The second-order valence-corrected chi connectivity index (χ2v) is 7.51. The highest BCUT2D eigenvalue weighted by atomic mass is 79.9. The van der Waals surface area contributed by atoms with Gasteiger partial charge in [0.05, 0.1) is 11.5 Å². The van der Waals surface area contributed by atoms with Crippen molar-refractivity contribution in [3.05, 3.63) is 29.6 Å². The normalized spacial score (nSPS) is 25.5. The van der Waals surface area contributed by atoms with Gasteiger partial charge in [-0.25, -0.2) is 8.42 Å². The van der Waals surface area contributed by atoms with Gasteiger partial charge in [0.15, 0.2) is 9.84 Å². The van der Waals surface area contributed by atoms with E-state index < -0.39 is 9.84 Å². The Morgan fingerprint density at radius 3 is 2.88 bits per heavy atom. The smallest absolute Gasteiger partial charge is 0.150 e. The molecule has 0 radical (unpaired) electrons. The molecule has 0 bridgehead atoms. The van der Waals surface area contributed by atoms with Crippen LogP contribution in [0.5, 0.6) is 0 Å². The zero-order valence-electron chi connectivity index (χ0n) is 9.06. The van der Waals surface area contributed by atoms with Gasteiger partial charge in [0.1, 0.15) is 0 Å². The van der Waals surface area contributed by atoms with Crippen molar-refractivity contribution >= 4 is 25.8 Å². The topological polar surface area (TPSA) is 47.0 Å². The van der Waals surface area contributed by atoms with Crippen molar-refractivity contribution in [3.8, 4) is 0 Å². The molecule has 1 saturated heterocycles. The quantitative estimate of drug-likeness (QED) is 0.787. The number of hydrogen-bond acceptors (Lipinski definition) is 3. The third kappa shape index (κ3) is 2.46. The average molecular weight is 304 g/mol. The maximum absolute atomic E-state index is 11.4. The lowest BCUT2D eigenvalue weighted by molar-refractivity contribution is 0.578. The van der Waals surface area contributed by atoms with Gasteiger partial charge < -0.3 is 0 Å². The highest BCUT2D eigenvalue weighted by molar-refractivity contribution is 9.09. The average Bonchev–Trinajstić information content (AvgIpc) is 2.59. The van der Waals surface area contributed by atoms with Crippen LogP contribution in [-0.4, -0.2) is 24.9 Å². The second-order valence-electron chi connectivity index (χ2n) is 4.30. The summed E-state index contributed by atoms with van der Waals surface area (Å²) in [4.78, 5) is 4.19. The third-order valence-electron chi connectivity index (χ3n) is 3.06. The Morgan fingerprint density at radius 1 is 1.56 bits per heavy atom. The minimum atomic E-state index is -2.81. The van der Waals surface area contributed by atoms with Crippen LogP contribution in [0.3, 0.4) is 0 Å². The van der Waals surface area contributed by atoms with Gasteiger partial charge in [0.25, 0.3) is 0 Å². The van der Waals surface area contributed by atoms with Crippen LogP contribution >= 0.6 is 15.9 Å². The van der Waals surface area contributed by atoms with E-state index >= 15 is 0 Å². The molecule has 1 aliphatic heterocycles. The molecule has 2 atom stereocenters. The number of halogens is 1. The van der Waals surface area contributed by atoms with E-state index in [1.54, 1.807) is 6.20 Å². The molecule has 2 rings (SSSR count). The molecule has 0 saturated carbocycles. The van der Waals surface area contributed by atoms with Crippen LogP contribution in [0, 0.1) is 12.8 Å². The Labute approximate surface area is 104 Å². The predicted octanol–water partition coefficient (Wildman–Crippen LogP) is 2.26. The number of aromatic nitrogens is 1. The van der Waals surface area contributed by atoms with Crippen LogP contribution in [-0.2, 0) is 9.84 Å². The van der Waals surface area contributed by atoms with E-state index in [9.17, 15) is 8.42 Å². The number of pyridine rings is 1. The fraction of sp³-hybridized carbons (Fsp3) is 0.545. The van der Waals surface area contributed by atoms with Crippen LogP contribution in [0.25, 0.3) is 0 Å². The van der Waals surface area contributed by atoms with E-state index in [1.165, 1.54) is 0 Å². The lowest BCUT2D eigenvalue weighted by Crippen LogP contribution is -2.11. The summed E-state index contributed by atoms with van der Waals surface area (Å²) in [5.41, 5.74) is 2.26. The van der Waals surface area contributed by atoms with Gasteiger partial charge in [-0.3, -0.25) is 4.98 Å². The molecule has 1 fully saturated rings. The Balaban J connectivity index is 2.21. The van der Waals surface area contributed by atoms with Gasteiger partial charge >= 0.3 is 0 Å². The lowest BCUT2D eigenvalue weighted by atomic mass is 9.97. The Kier molecular flexibility index (Phi) is 3.35. The largest absolute Gasteiger partial charge is 0.264 e. The van der Waals surface area contributed by atoms with Gasteiger partial charge in [-0.2, -0.15) is 0 Å². The zero-order chi connectivity index (χ0) is 11.8. The van der Waals surface area contributed by atoms with Crippen molar-refractivity contribution in [3.63, 3.8) is 0 Å². The summed E-state index contributed by atoms with van der Waals surface area (Å²) in [6.45, 7) is 2.02. The Hall–Kier alpha value is -0.420.